The summed E-state index contributed by atoms with van der Waals surface area (Å²) < 4.78 is 5.58. The molecule has 1 N–H and O–H groups in total. The van der Waals surface area contributed by atoms with Gasteiger partial charge in [0.1, 0.15) is 0 Å². The van der Waals surface area contributed by atoms with Crippen LogP contribution >= 0.6 is 34.7 Å². The predicted octanol–water partition coefficient (Wildman–Crippen LogP) is 6.32. The molecule has 0 fully saturated rings. The Balaban J connectivity index is 1.78. The summed E-state index contributed by atoms with van der Waals surface area (Å²) in [4.78, 5) is 24.1. The lowest BCUT2D eigenvalue weighted by Gasteiger charge is -2.08. The van der Waals surface area contributed by atoms with Gasteiger partial charge in [-0.1, -0.05) is 18.5 Å². The highest BCUT2D eigenvalue weighted by atomic mass is 35.5. The Hall–Kier alpha value is -2.09. The maximum Gasteiger partial charge on any atom is 0.265 e. The van der Waals surface area contributed by atoms with Crippen LogP contribution in [0.2, 0.25) is 5.02 Å². The summed E-state index contributed by atoms with van der Waals surface area (Å²) in [5, 5.41) is 3.53. The summed E-state index contributed by atoms with van der Waals surface area (Å²) in [6.07, 6.45) is 3.36. The number of anilines is 1. The lowest BCUT2D eigenvalue weighted by Crippen LogP contribution is -2.10. The van der Waals surface area contributed by atoms with E-state index in [4.69, 9.17) is 16.3 Å². The number of benzene rings is 1. The Morgan fingerprint density at radius 3 is 2.62 bits per heavy atom. The lowest BCUT2D eigenvalue weighted by molar-refractivity contribution is 0.103. The summed E-state index contributed by atoms with van der Waals surface area (Å²) in [5.41, 5.74) is 1.52. The molecule has 1 aromatic carbocycles. The maximum atomic E-state index is 12.8. The van der Waals surface area contributed by atoms with Gasteiger partial charge in [0.2, 0.25) is 0 Å². The zero-order valence-corrected chi connectivity index (χ0v) is 19.0. The second-order valence-electron chi connectivity index (χ2n) is 6.55. The molecule has 2 heterocycles. The third-order valence-corrected chi connectivity index (χ3v) is 5.95. The molecule has 29 heavy (non-hydrogen) atoms. The number of halogens is 1. The van der Waals surface area contributed by atoms with Crippen molar-refractivity contribution in [3.8, 4) is 17.1 Å². The van der Waals surface area contributed by atoms with Crippen LogP contribution in [-0.2, 0) is 0 Å². The number of thiophene rings is 1. The fraction of sp³-hybridized carbons (Fsp3) is 0.286. The Kier molecular flexibility index (Phi) is 7.16. The Bertz CT molecular complexity index is 1000. The first-order valence-corrected chi connectivity index (χ1v) is 11.4. The molecule has 3 aromatic rings. The molecular formula is C21H22ClN3O2S2. The largest absolute Gasteiger partial charge is 0.488 e. The van der Waals surface area contributed by atoms with Crippen LogP contribution in [0.25, 0.3) is 11.4 Å². The number of carbonyl (C=O) groups excluding carboxylic acids is 1. The van der Waals surface area contributed by atoms with Gasteiger partial charge < -0.3 is 10.1 Å². The molecule has 0 atom stereocenters. The third kappa shape index (κ3) is 5.72. The number of thioether (sulfide) groups is 1. The van der Waals surface area contributed by atoms with Crippen LogP contribution in [-0.4, -0.2) is 27.7 Å². The molecule has 0 bridgehead atoms. The minimum atomic E-state index is -0.182. The molecule has 5 nitrogen and oxygen atoms in total. The van der Waals surface area contributed by atoms with Crippen molar-refractivity contribution in [2.75, 3.05) is 11.1 Å². The average Bonchev–Trinajstić information content (AvgIpc) is 3.03. The van der Waals surface area contributed by atoms with E-state index in [0.717, 1.165) is 21.1 Å². The van der Waals surface area contributed by atoms with Gasteiger partial charge in [0.25, 0.3) is 5.91 Å². The first-order chi connectivity index (χ1) is 13.9. The van der Waals surface area contributed by atoms with Crippen molar-refractivity contribution < 1.29 is 9.53 Å². The van der Waals surface area contributed by atoms with Gasteiger partial charge in [-0.25, -0.2) is 9.97 Å². The first kappa shape index (κ1) is 21.6. The number of rotatable bonds is 7. The quantitative estimate of drug-likeness (QED) is 0.429. The second kappa shape index (κ2) is 9.61. The minimum Gasteiger partial charge on any atom is -0.488 e. The zero-order valence-electron chi connectivity index (χ0n) is 16.7. The monoisotopic (exact) mass is 447 g/mol. The van der Waals surface area contributed by atoms with Crippen LogP contribution in [0.5, 0.6) is 5.75 Å². The number of nitrogens with zero attached hydrogens (tertiary/aromatic N) is 2. The molecule has 0 saturated carbocycles. The highest BCUT2D eigenvalue weighted by molar-refractivity contribution is 7.99. The SMILES string of the molecule is CCSc1cc(Cl)cc(NC(=O)c2cc(-c3ncc(OC(C)C)cn3)c(C)s2)c1. The van der Waals surface area contributed by atoms with Gasteiger partial charge in [-0.2, -0.15) is 0 Å². The van der Waals surface area contributed by atoms with Crippen molar-refractivity contribution in [2.45, 2.75) is 38.7 Å². The number of hydrogen-bond donors (Lipinski definition) is 1. The van der Waals surface area contributed by atoms with Crippen LogP contribution in [0.4, 0.5) is 5.69 Å². The topological polar surface area (TPSA) is 64.1 Å². The summed E-state index contributed by atoms with van der Waals surface area (Å²) >= 11 is 9.26. The molecule has 152 valence electrons. The van der Waals surface area contributed by atoms with E-state index in [1.54, 1.807) is 30.2 Å². The number of aryl methyl sites for hydroxylation is 1. The molecule has 0 spiro atoms. The molecule has 2 aromatic heterocycles. The van der Waals surface area contributed by atoms with E-state index in [1.165, 1.54) is 11.3 Å². The van der Waals surface area contributed by atoms with Crippen molar-refractivity contribution in [1.82, 2.24) is 9.97 Å². The van der Waals surface area contributed by atoms with Gasteiger partial charge in [-0.3, -0.25) is 4.79 Å². The highest BCUT2D eigenvalue weighted by Crippen LogP contribution is 2.31. The molecule has 0 aliphatic rings. The molecule has 0 unspecified atom stereocenters. The van der Waals surface area contributed by atoms with Crippen LogP contribution in [0.15, 0.2) is 41.6 Å². The number of amides is 1. The van der Waals surface area contributed by atoms with E-state index < -0.39 is 0 Å². The fourth-order valence-corrected chi connectivity index (χ4v) is 4.65. The number of aromatic nitrogens is 2. The maximum absolute atomic E-state index is 12.8. The number of hydrogen-bond acceptors (Lipinski definition) is 6. The third-order valence-electron chi connectivity index (χ3n) is 3.82. The first-order valence-electron chi connectivity index (χ1n) is 9.20. The predicted molar refractivity (Wildman–Crippen MR) is 122 cm³/mol. The van der Waals surface area contributed by atoms with Crippen LogP contribution in [0, 0.1) is 6.92 Å². The standard InChI is InChI=1S/C21H22ClN3O2S2/c1-5-28-17-7-14(22)6-15(8-17)25-21(26)19-9-18(13(4)29-19)20-23-10-16(11-24-20)27-12(2)3/h6-12H,5H2,1-4H3,(H,25,26). The molecule has 0 aliphatic carbocycles. The van der Waals surface area contributed by atoms with Gasteiger partial charge in [0, 0.05) is 26.0 Å². The number of nitrogens with one attached hydrogen (secondary N) is 1. The van der Waals surface area contributed by atoms with Crippen molar-refractivity contribution >= 4 is 46.3 Å². The molecule has 0 saturated heterocycles. The molecule has 1 amide bonds. The zero-order chi connectivity index (χ0) is 21.0. The Morgan fingerprint density at radius 2 is 1.97 bits per heavy atom. The number of ether oxygens (including phenoxy) is 1. The van der Waals surface area contributed by atoms with Crippen molar-refractivity contribution in [1.29, 1.82) is 0 Å². The Morgan fingerprint density at radius 1 is 1.24 bits per heavy atom. The van der Waals surface area contributed by atoms with E-state index in [0.29, 0.717) is 27.2 Å². The van der Waals surface area contributed by atoms with E-state index in [-0.39, 0.29) is 12.0 Å². The van der Waals surface area contributed by atoms with Gasteiger partial charge in [0.15, 0.2) is 11.6 Å². The summed E-state index contributed by atoms with van der Waals surface area (Å²) in [6, 6.07) is 7.38. The van der Waals surface area contributed by atoms with Crippen molar-refractivity contribution in [3.63, 3.8) is 0 Å². The number of carbonyl (C=O) groups is 1. The molecular weight excluding hydrogens is 426 g/mol. The van der Waals surface area contributed by atoms with Gasteiger partial charge in [0.05, 0.1) is 23.4 Å². The van der Waals surface area contributed by atoms with Crippen molar-refractivity contribution in [2.24, 2.45) is 0 Å². The van der Waals surface area contributed by atoms with E-state index in [1.807, 2.05) is 39.0 Å². The molecule has 8 heteroatoms. The molecule has 0 radical (unpaired) electrons. The summed E-state index contributed by atoms with van der Waals surface area (Å²) in [5.74, 6) is 1.94. The highest BCUT2D eigenvalue weighted by Gasteiger charge is 2.16. The smallest absolute Gasteiger partial charge is 0.265 e. The second-order valence-corrected chi connectivity index (χ2v) is 9.58. The fourth-order valence-electron chi connectivity index (χ4n) is 2.68. The van der Waals surface area contributed by atoms with Gasteiger partial charge in [-0.15, -0.1) is 23.1 Å². The minimum absolute atomic E-state index is 0.0605. The summed E-state index contributed by atoms with van der Waals surface area (Å²) in [6.45, 7) is 7.93. The van der Waals surface area contributed by atoms with Gasteiger partial charge >= 0.3 is 0 Å². The van der Waals surface area contributed by atoms with E-state index >= 15 is 0 Å². The average molecular weight is 448 g/mol. The van der Waals surface area contributed by atoms with Crippen LogP contribution in [0.3, 0.4) is 0 Å². The lowest BCUT2D eigenvalue weighted by atomic mass is 10.2. The van der Waals surface area contributed by atoms with Crippen LogP contribution in [0.1, 0.15) is 35.3 Å². The van der Waals surface area contributed by atoms with Gasteiger partial charge in [-0.05, 0) is 50.8 Å². The Labute approximate surface area is 183 Å². The summed E-state index contributed by atoms with van der Waals surface area (Å²) in [7, 11) is 0. The molecule has 0 aliphatic heterocycles. The van der Waals surface area contributed by atoms with Crippen molar-refractivity contribution in [3.05, 3.63) is 51.4 Å². The van der Waals surface area contributed by atoms with E-state index in [9.17, 15) is 4.79 Å². The van der Waals surface area contributed by atoms with Crippen LogP contribution < -0.4 is 10.1 Å². The normalized spacial score (nSPS) is 11.0. The molecule has 3 rings (SSSR count). The van der Waals surface area contributed by atoms with E-state index in [2.05, 4.69) is 22.2 Å².